The van der Waals surface area contributed by atoms with E-state index in [2.05, 4.69) is 15.3 Å². The number of nitrogens with one attached hydrogen (secondary N) is 1. The molecule has 0 atom stereocenters. The lowest BCUT2D eigenvalue weighted by atomic mass is 10.0. The molecule has 0 aliphatic carbocycles. The van der Waals surface area contributed by atoms with E-state index in [1.54, 1.807) is 6.07 Å². The Morgan fingerprint density at radius 1 is 1.40 bits per heavy atom. The van der Waals surface area contributed by atoms with Crippen LogP contribution in [0.15, 0.2) is 24.4 Å². The number of amides is 1. The van der Waals surface area contributed by atoms with Crippen molar-refractivity contribution in [3.8, 4) is 11.3 Å². The van der Waals surface area contributed by atoms with Gasteiger partial charge in [0.1, 0.15) is 0 Å². The van der Waals surface area contributed by atoms with Gasteiger partial charge in [0.05, 0.1) is 23.4 Å². The van der Waals surface area contributed by atoms with Crippen molar-refractivity contribution in [1.29, 1.82) is 0 Å². The highest BCUT2D eigenvalue weighted by atomic mass is 16.4. The minimum atomic E-state index is -1.05. The third kappa shape index (κ3) is 1.95. The van der Waals surface area contributed by atoms with Gasteiger partial charge in [-0.15, -0.1) is 0 Å². The normalized spacial score (nSPS) is 12.9. The summed E-state index contributed by atoms with van der Waals surface area (Å²) in [6.07, 6.45) is 1.60. The molecule has 2 heterocycles. The first-order valence-electron chi connectivity index (χ1n) is 5.83. The van der Waals surface area contributed by atoms with Gasteiger partial charge in [-0.3, -0.25) is 4.79 Å². The van der Waals surface area contributed by atoms with E-state index in [9.17, 15) is 9.59 Å². The molecular weight excluding hydrogens is 260 g/mol. The van der Waals surface area contributed by atoms with Crippen LogP contribution in [0.5, 0.6) is 0 Å². The summed E-state index contributed by atoms with van der Waals surface area (Å²) in [7, 11) is 0. The van der Waals surface area contributed by atoms with Crippen LogP contribution in [0.25, 0.3) is 11.3 Å². The van der Waals surface area contributed by atoms with E-state index in [0.29, 0.717) is 22.5 Å². The van der Waals surface area contributed by atoms with Crippen molar-refractivity contribution < 1.29 is 14.7 Å². The average molecular weight is 270 g/mol. The van der Waals surface area contributed by atoms with Crippen LogP contribution in [0.3, 0.4) is 0 Å². The summed E-state index contributed by atoms with van der Waals surface area (Å²) in [6.45, 7) is 0. The molecule has 0 spiro atoms. The number of anilines is 2. The monoisotopic (exact) mass is 270 g/mol. The zero-order valence-electron chi connectivity index (χ0n) is 10.3. The predicted octanol–water partition coefficient (Wildman–Crippen LogP) is 0.919. The maximum atomic E-state index is 11.8. The lowest BCUT2D eigenvalue weighted by molar-refractivity contribution is -0.115. The number of nitrogen functional groups attached to an aromatic ring is 1. The van der Waals surface area contributed by atoms with Gasteiger partial charge in [-0.05, 0) is 18.2 Å². The maximum absolute atomic E-state index is 11.8. The molecule has 1 aliphatic heterocycles. The molecule has 0 bridgehead atoms. The van der Waals surface area contributed by atoms with E-state index in [1.165, 1.54) is 18.3 Å². The molecule has 0 radical (unpaired) electrons. The van der Waals surface area contributed by atoms with Crippen LogP contribution < -0.4 is 11.1 Å². The molecule has 1 amide bonds. The minimum absolute atomic E-state index is 0.0739. The third-order valence-corrected chi connectivity index (χ3v) is 3.03. The largest absolute Gasteiger partial charge is 0.478 e. The van der Waals surface area contributed by atoms with E-state index in [1.807, 2.05) is 0 Å². The first kappa shape index (κ1) is 12.1. The summed E-state index contributed by atoms with van der Waals surface area (Å²) in [6, 6.07) is 4.44. The molecule has 2 aromatic rings. The van der Waals surface area contributed by atoms with E-state index >= 15 is 0 Å². The Morgan fingerprint density at radius 2 is 2.20 bits per heavy atom. The smallest absolute Gasteiger partial charge is 0.335 e. The Hall–Kier alpha value is -2.96. The number of nitrogens with two attached hydrogens (primary N) is 1. The second-order valence-corrected chi connectivity index (χ2v) is 4.39. The van der Waals surface area contributed by atoms with Gasteiger partial charge in [0.25, 0.3) is 0 Å². The molecule has 0 saturated carbocycles. The number of fused-ring (bicyclic) bond motifs is 3. The van der Waals surface area contributed by atoms with Gasteiger partial charge in [0, 0.05) is 17.3 Å². The van der Waals surface area contributed by atoms with Crippen molar-refractivity contribution in [3.63, 3.8) is 0 Å². The highest BCUT2D eigenvalue weighted by Crippen LogP contribution is 2.33. The fourth-order valence-electron chi connectivity index (χ4n) is 2.13. The van der Waals surface area contributed by atoms with Gasteiger partial charge in [-0.1, -0.05) is 0 Å². The van der Waals surface area contributed by atoms with Crippen LogP contribution in [0.1, 0.15) is 15.9 Å². The molecule has 7 nitrogen and oxygen atoms in total. The van der Waals surface area contributed by atoms with Crippen LogP contribution >= 0.6 is 0 Å². The molecule has 0 saturated heterocycles. The molecule has 4 N–H and O–H groups in total. The van der Waals surface area contributed by atoms with Gasteiger partial charge in [0.15, 0.2) is 0 Å². The molecule has 1 aromatic heterocycles. The van der Waals surface area contributed by atoms with E-state index in [4.69, 9.17) is 10.8 Å². The van der Waals surface area contributed by atoms with Gasteiger partial charge in [0.2, 0.25) is 11.9 Å². The standard InChI is InChI=1S/C13H10N4O3/c14-13-15-5-7-4-10(18)16-9-2-1-6(12(19)20)3-8(9)11(7)17-13/h1-3,5H,4H2,(H,16,18)(H,19,20)(H2,14,15,17). The molecular formula is C13H10N4O3. The predicted molar refractivity (Wildman–Crippen MR) is 71.2 cm³/mol. The number of aromatic carboxylic acids is 1. The molecule has 100 valence electrons. The SMILES string of the molecule is Nc1ncc2c(n1)-c1cc(C(=O)O)ccc1NC(=O)C2. The van der Waals surface area contributed by atoms with E-state index in [0.717, 1.165) is 0 Å². The number of carboxylic acids is 1. The number of benzene rings is 1. The first-order chi connectivity index (χ1) is 9.54. The second kappa shape index (κ2) is 4.30. The van der Waals surface area contributed by atoms with Gasteiger partial charge < -0.3 is 16.2 Å². The maximum Gasteiger partial charge on any atom is 0.335 e. The Bertz CT molecular complexity index is 742. The topological polar surface area (TPSA) is 118 Å². The summed E-state index contributed by atoms with van der Waals surface area (Å²) < 4.78 is 0. The minimum Gasteiger partial charge on any atom is -0.478 e. The summed E-state index contributed by atoms with van der Waals surface area (Å²) in [4.78, 5) is 30.9. The number of rotatable bonds is 1. The van der Waals surface area contributed by atoms with Crippen molar-refractivity contribution in [1.82, 2.24) is 9.97 Å². The summed E-state index contributed by atoms with van der Waals surface area (Å²) in [5.41, 5.74) is 7.82. The van der Waals surface area contributed by atoms with Gasteiger partial charge >= 0.3 is 5.97 Å². The van der Waals surface area contributed by atoms with Crippen LogP contribution in [0.2, 0.25) is 0 Å². The highest BCUT2D eigenvalue weighted by molar-refractivity contribution is 6.01. The fourth-order valence-corrected chi connectivity index (χ4v) is 2.13. The van der Waals surface area contributed by atoms with E-state index < -0.39 is 5.97 Å². The molecule has 0 unspecified atom stereocenters. The number of hydrogen-bond acceptors (Lipinski definition) is 5. The van der Waals surface area contributed by atoms with Crippen molar-refractivity contribution in [2.24, 2.45) is 0 Å². The number of hydrogen-bond donors (Lipinski definition) is 3. The molecule has 1 aromatic carbocycles. The lowest BCUT2D eigenvalue weighted by Gasteiger charge is -2.09. The van der Waals surface area contributed by atoms with Crippen LogP contribution in [0.4, 0.5) is 11.6 Å². The zero-order chi connectivity index (χ0) is 14.3. The summed E-state index contributed by atoms with van der Waals surface area (Å²) in [5, 5.41) is 11.8. The number of nitrogens with zero attached hydrogens (tertiary/aromatic N) is 2. The second-order valence-electron chi connectivity index (χ2n) is 4.39. The third-order valence-electron chi connectivity index (χ3n) is 3.03. The van der Waals surface area contributed by atoms with Gasteiger partial charge in [-0.25, -0.2) is 14.8 Å². The number of carboxylic acid groups (broad SMARTS) is 1. The highest BCUT2D eigenvalue weighted by Gasteiger charge is 2.21. The molecule has 1 aliphatic rings. The molecule has 0 fully saturated rings. The van der Waals surface area contributed by atoms with Crippen molar-refractivity contribution in [2.45, 2.75) is 6.42 Å². The van der Waals surface area contributed by atoms with Crippen LogP contribution in [0, 0.1) is 0 Å². The summed E-state index contributed by atoms with van der Waals surface area (Å²) >= 11 is 0. The van der Waals surface area contributed by atoms with Crippen LogP contribution in [-0.4, -0.2) is 27.0 Å². The van der Waals surface area contributed by atoms with Crippen molar-refractivity contribution in [2.75, 3.05) is 11.1 Å². The van der Waals surface area contributed by atoms with Crippen LogP contribution in [-0.2, 0) is 11.2 Å². The first-order valence-corrected chi connectivity index (χ1v) is 5.83. The Morgan fingerprint density at radius 3 is 2.95 bits per heavy atom. The Balaban J connectivity index is 2.29. The fraction of sp³-hybridized carbons (Fsp3) is 0.0769. The summed E-state index contributed by atoms with van der Waals surface area (Å²) in [5.74, 6) is -1.18. The van der Waals surface area contributed by atoms with Crippen molar-refractivity contribution >= 4 is 23.5 Å². The molecule has 3 rings (SSSR count). The van der Waals surface area contributed by atoms with Crippen molar-refractivity contribution in [3.05, 3.63) is 35.5 Å². The quantitative estimate of drug-likeness (QED) is 0.709. The number of carbonyl (C=O) groups is 2. The van der Waals surface area contributed by atoms with Gasteiger partial charge in [-0.2, -0.15) is 0 Å². The average Bonchev–Trinajstić information content (AvgIpc) is 2.53. The number of carbonyl (C=O) groups excluding carboxylic acids is 1. The molecule has 7 heteroatoms. The van der Waals surface area contributed by atoms with E-state index in [-0.39, 0.29) is 23.8 Å². The lowest BCUT2D eigenvalue weighted by Crippen LogP contribution is -2.12. The zero-order valence-corrected chi connectivity index (χ0v) is 10.3. The number of aromatic nitrogens is 2. The molecule has 20 heavy (non-hydrogen) atoms. The Labute approximate surface area is 113 Å². The Kier molecular flexibility index (Phi) is 2.60.